The molecule has 3 N–H and O–H groups in total. The number of hydrogen-bond donors (Lipinski definition) is 3. The lowest BCUT2D eigenvalue weighted by Gasteiger charge is -2.25. The van der Waals surface area contributed by atoms with Gasteiger partial charge in [-0.3, -0.25) is 9.59 Å². The van der Waals surface area contributed by atoms with Crippen LogP contribution in [-0.2, 0) is 15.2 Å². The molecular formula is C18H14F2N2O4S. The fourth-order valence-electron chi connectivity index (χ4n) is 2.37. The molecule has 0 saturated heterocycles. The predicted molar refractivity (Wildman–Crippen MR) is 94.0 cm³/mol. The number of amides is 2. The average Bonchev–Trinajstić information content (AvgIpc) is 3.36. The lowest BCUT2D eigenvalue weighted by Crippen LogP contribution is -2.44. The molecule has 2 amide bonds. The number of hydrogen-bond acceptors (Lipinski definition) is 5. The quantitative estimate of drug-likeness (QED) is 0.582. The van der Waals surface area contributed by atoms with E-state index in [0.29, 0.717) is 4.88 Å². The highest BCUT2D eigenvalue weighted by molar-refractivity contribution is 7.10. The van der Waals surface area contributed by atoms with Crippen molar-refractivity contribution < 1.29 is 27.9 Å². The number of nitrogens with one attached hydrogen (secondary N) is 2. The van der Waals surface area contributed by atoms with Crippen molar-refractivity contribution in [2.75, 3.05) is 11.9 Å². The van der Waals surface area contributed by atoms with Crippen molar-refractivity contribution in [2.24, 2.45) is 0 Å². The number of thiophene rings is 1. The van der Waals surface area contributed by atoms with Crippen LogP contribution in [0.3, 0.4) is 0 Å². The van der Waals surface area contributed by atoms with Gasteiger partial charge in [0.15, 0.2) is 17.2 Å². The van der Waals surface area contributed by atoms with E-state index in [-0.39, 0.29) is 18.0 Å². The summed E-state index contributed by atoms with van der Waals surface area (Å²) in [5, 5.41) is 17.2. The summed E-state index contributed by atoms with van der Waals surface area (Å²) in [6, 6.07) is 9.24. The Kier molecular flexibility index (Phi) is 5.33. The molecule has 9 heteroatoms. The van der Waals surface area contributed by atoms with Crippen LogP contribution in [0.15, 0.2) is 58.5 Å². The standard InChI is InChI=1S/C18H14F2N2O4S/c19-12-6-5-11(9-13(12)20)22-17(24)16(23)21-10-18(25,14-3-1-7-26-14)15-4-2-8-27-15/h1-9,25H,10H2,(H,21,23)(H,22,24). The van der Waals surface area contributed by atoms with E-state index in [9.17, 15) is 23.5 Å². The van der Waals surface area contributed by atoms with Crippen molar-refractivity contribution in [3.63, 3.8) is 0 Å². The first-order valence-corrected chi connectivity index (χ1v) is 8.62. The maximum atomic E-state index is 13.2. The van der Waals surface area contributed by atoms with Gasteiger partial charge in [-0.15, -0.1) is 11.3 Å². The molecule has 0 spiro atoms. The fraction of sp³-hybridized carbons (Fsp3) is 0.111. The molecule has 2 heterocycles. The van der Waals surface area contributed by atoms with E-state index in [1.54, 1.807) is 29.6 Å². The van der Waals surface area contributed by atoms with Crippen molar-refractivity contribution in [1.29, 1.82) is 0 Å². The van der Waals surface area contributed by atoms with Gasteiger partial charge in [0.05, 0.1) is 12.8 Å². The molecule has 6 nitrogen and oxygen atoms in total. The first-order valence-electron chi connectivity index (χ1n) is 7.75. The number of rotatable bonds is 5. The fourth-order valence-corrected chi connectivity index (χ4v) is 3.20. The lowest BCUT2D eigenvalue weighted by molar-refractivity contribution is -0.136. The molecular weight excluding hydrogens is 378 g/mol. The van der Waals surface area contributed by atoms with Gasteiger partial charge in [-0.1, -0.05) is 6.07 Å². The molecule has 1 aromatic carbocycles. The molecule has 27 heavy (non-hydrogen) atoms. The zero-order valence-electron chi connectivity index (χ0n) is 13.7. The van der Waals surface area contributed by atoms with Crippen LogP contribution < -0.4 is 10.6 Å². The van der Waals surface area contributed by atoms with Gasteiger partial charge in [0.1, 0.15) is 5.76 Å². The molecule has 3 rings (SSSR count). The van der Waals surface area contributed by atoms with E-state index in [0.717, 1.165) is 18.2 Å². The number of furan rings is 1. The summed E-state index contributed by atoms with van der Waals surface area (Å²) in [6.07, 6.45) is 1.38. The number of carbonyl (C=O) groups excluding carboxylic acids is 2. The Bertz CT molecular complexity index is 908. The third-order valence-electron chi connectivity index (χ3n) is 3.75. The molecule has 0 saturated carbocycles. The summed E-state index contributed by atoms with van der Waals surface area (Å²) < 4.78 is 31.4. The summed E-state index contributed by atoms with van der Waals surface area (Å²) in [5.74, 6) is -4.17. The molecule has 3 aromatic rings. The van der Waals surface area contributed by atoms with Crippen molar-refractivity contribution >= 4 is 28.8 Å². The summed E-state index contributed by atoms with van der Waals surface area (Å²) >= 11 is 1.25. The Hall–Kier alpha value is -3.04. The van der Waals surface area contributed by atoms with Gasteiger partial charge in [-0.2, -0.15) is 0 Å². The van der Waals surface area contributed by atoms with Crippen LogP contribution in [0.1, 0.15) is 10.6 Å². The molecule has 1 unspecified atom stereocenters. The highest BCUT2D eigenvalue weighted by Crippen LogP contribution is 2.32. The van der Waals surface area contributed by atoms with E-state index in [2.05, 4.69) is 10.6 Å². The zero-order chi connectivity index (χ0) is 19.4. The topological polar surface area (TPSA) is 91.6 Å². The minimum Gasteiger partial charge on any atom is -0.466 e. The summed E-state index contributed by atoms with van der Waals surface area (Å²) in [4.78, 5) is 24.5. The summed E-state index contributed by atoms with van der Waals surface area (Å²) in [6.45, 7) is -0.328. The first-order chi connectivity index (χ1) is 12.9. The van der Waals surface area contributed by atoms with Crippen molar-refractivity contribution in [2.45, 2.75) is 5.60 Å². The van der Waals surface area contributed by atoms with Gasteiger partial charge in [0.2, 0.25) is 0 Å². The third-order valence-corrected chi connectivity index (χ3v) is 4.77. The molecule has 140 valence electrons. The zero-order valence-corrected chi connectivity index (χ0v) is 14.6. The molecule has 0 fully saturated rings. The molecule has 0 aliphatic carbocycles. The molecule has 0 bridgehead atoms. The van der Waals surface area contributed by atoms with Crippen LogP contribution in [0.25, 0.3) is 0 Å². The smallest absolute Gasteiger partial charge is 0.313 e. The van der Waals surface area contributed by atoms with Crippen LogP contribution >= 0.6 is 11.3 Å². The second-order valence-corrected chi connectivity index (χ2v) is 6.53. The molecule has 0 radical (unpaired) electrons. The maximum Gasteiger partial charge on any atom is 0.313 e. The van der Waals surface area contributed by atoms with E-state index >= 15 is 0 Å². The van der Waals surface area contributed by atoms with E-state index in [1.165, 1.54) is 17.6 Å². The van der Waals surface area contributed by atoms with Crippen LogP contribution in [-0.4, -0.2) is 23.5 Å². The minimum atomic E-state index is -1.66. The Balaban J connectivity index is 1.69. The lowest BCUT2D eigenvalue weighted by atomic mass is 9.98. The van der Waals surface area contributed by atoms with Crippen molar-refractivity contribution in [3.05, 3.63) is 76.4 Å². The summed E-state index contributed by atoms with van der Waals surface area (Å²) in [7, 11) is 0. The molecule has 0 aliphatic rings. The molecule has 0 aliphatic heterocycles. The second kappa shape index (κ2) is 7.68. The molecule has 2 aromatic heterocycles. The van der Waals surface area contributed by atoms with Crippen molar-refractivity contribution in [1.82, 2.24) is 5.32 Å². The van der Waals surface area contributed by atoms with E-state index in [4.69, 9.17) is 4.42 Å². The highest BCUT2D eigenvalue weighted by atomic mass is 32.1. The minimum absolute atomic E-state index is 0.0754. The van der Waals surface area contributed by atoms with Crippen LogP contribution in [0.2, 0.25) is 0 Å². The SMILES string of the molecule is O=C(NCC(O)(c1ccco1)c1cccs1)C(=O)Nc1ccc(F)c(F)c1. The van der Waals surface area contributed by atoms with E-state index in [1.807, 2.05) is 0 Å². The van der Waals surface area contributed by atoms with Gasteiger partial charge < -0.3 is 20.2 Å². The Labute approximate surface area is 156 Å². The normalized spacial score (nSPS) is 13.0. The van der Waals surface area contributed by atoms with Gasteiger partial charge in [-0.25, -0.2) is 8.78 Å². The monoisotopic (exact) mass is 392 g/mol. The van der Waals surface area contributed by atoms with Gasteiger partial charge in [-0.05, 0) is 35.7 Å². The predicted octanol–water partition coefficient (Wildman–Crippen LogP) is 2.61. The second-order valence-electron chi connectivity index (χ2n) is 5.58. The average molecular weight is 392 g/mol. The number of benzene rings is 1. The number of halogens is 2. The highest BCUT2D eigenvalue weighted by Gasteiger charge is 2.36. The van der Waals surface area contributed by atoms with Crippen LogP contribution in [0.5, 0.6) is 0 Å². The first kappa shape index (κ1) is 18.7. The number of carbonyl (C=O) groups is 2. The van der Waals surface area contributed by atoms with Crippen molar-refractivity contribution in [3.8, 4) is 0 Å². The summed E-state index contributed by atoms with van der Waals surface area (Å²) in [5.41, 5.74) is -1.73. The van der Waals surface area contributed by atoms with Gasteiger partial charge in [0.25, 0.3) is 0 Å². The van der Waals surface area contributed by atoms with Gasteiger partial charge >= 0.3 is 11.8 Å². The Morgan fingerprint density at radius 3 is 2.56 bits per heavy atom. The third kappa shape index (κ3) is 4.04. The number of aliphatic hydroxyl groups is 1. The molecule has 1 atom stereocenters. The van der Waals surface area contributed by atoms with E-state index < -0.39 is 29.0 Å². The Morgan fingerprint density at radius 1 is 1.11 bits per heavy atom. The Morgan fingerprint density at radius 2 is 1.93 bits per heavy atom. The van der Waals surface area contributed by atoms with Crippen LogP contribution in [0.4, 0.5) is 14.5 Å². The van der Waals surface area contributed by atoms with Gasteiger partial charge in [0, 0.05) is 16.6 Å². The largest absolute Gasteiger partial charge is 0.466 e. The number of anilines is 1. The maximum absolute atomic E-state index is 13.2. The van der Waals surface area contributed by atoms with Crippen LogP contribution in [0, 0.1) is 11.6 Å².